The van der Waals surface area contributed by atoms with Crippen LogP contribution in [0.3, 0.4) is 0 Å². The van der Waals surface area contributed by atoms with Gasteiger partial charge in [0.1, 0.15) is 17.2 Å². The molecule has 2 heterocycles. The number of para-hydroxylation sites is 2. The molecule has 0 radical (unpaired) electrons. The van der Waals surface area contributed by atoms with Crippen LogP contribution in [-0.2, 0) is 21.5 Å². The third-order valence-corrected chi connectivity index (χ3v) is 6.52. The average molecular weight is 477 g/mol. The van der Waals surface area contributed by atoms with Crippen molar-refractivity contribution in [2.24, 2.45) is 0 Å². The van der Waals surface area contributed by atoms with Crippen LogP contribution in [-0.4, -0.2) is 33.0 Å². The van der Waals surface area contributed by atoms with E-state index in [0.717, 1.165) is 33.8 Å². The van der Waals surface area contributed by atoms with Crippen molar-refractivity contribution in [3.63, 3.8) is 0 Å². The summed E-state index contributed by atoms with van der Waals surface area (Å²) in [7, 11) is 0. The van der Waals surface area contributed by atoms with Crippen LogP contribution in [0, 0.1) is 6.92 Å². The molecule has 0 aliphatic rings. The number of rotatable bonds is 6. The van der Waals surface area contributed by atoms with Gasteiger partial charge in [0.05, 0.1) is 23.3 Å². The molecule has 1 amide bonds. The predicted molar refractivity (Wildman–Crippen MR) is 135 cm³/mol. The number of hydrogen-bond donors (Lipinski definition) is 1. The van der Waals surface area contributed by atoms with E-state index in [1.165, 1.54) is 5.56 Å². The van der Waals surface area contributed by atoms with Crippen molar-refractivity contribution in [2.45, 2.75) is 46.6 Å². The van der Waals surface area contributed by atoms with E-state index in [0.29, 0.717) is 15.7 Å². The Morgan fingerprint density at radius 3 is 2.44 bits per heavy atom. The first-order valence-electron chi connectivity index (χ1n) is 11.2. The topological polar surface area (TPSA) is 86.1 Å². The van der Waals surface area contributed by atoms with E-state index in [2.05, 4.69) is 43.2 Å². The Kier molecular flexibility index (Phi) is 6.52. The average Bonchev–Trinajstić information content (AvgIpc) is 3.33. The highest BCUT2D eigenvalue weighted by molar-refractivity contribution is 7.17. The number of ether oxygens (including phenoxy) is 1. The first-order chi connectivity index (χ1) is 16.2. The molecular formula is C26H28N4O3S. The largest absolute Gasteiger partial charge is 0.462 e. The maximum Gasteiger partial charge on any atom is 0.350 e. The van der Waals surface area contributed by atoms with Crippen LogP contribution in [0.1, 0.15) is 48.6 Å². The van der Waals surface area contributed by atoms with Crippen molar-refractivity contribution >= 4 is 39.4 Å². The fraction of sp³-hybridized carbons (Fsp3) is 0.308. The van der Waals surface area contributed by atoms with E-state index in [9.17, 15) is 9.59 Å². The predicted octanol–water partition coefficient (Wildman–Crippen LogP) is 5.58. The monoisotopic (exact) mass is 476 g/mol. The number of thiazole rings is 1. The van der Waals surface area contributed by atoms with Gasteiger partial charge in [0, 0.05) is 5.56 Å². The van der Waals surface area contributed by atoms with Gasteiger partial charge >= 0.3 is 5.97 Å². The zero-order valence-electron chi connectivity index (χ0n) is 20.0. The van der Waals surface area contributed by atoms with Crippen LogP contribution in [0.2, 0.25) is 0 Å². The first-order valence-corrected chi connectivity index (χ1v) is 12.0. The zero-order chi connectivity index (χ0) is 24.5. The molecule has 2 aromatic heterocycles. The van der Waals surface area contributed by atoms with Crippen LogP contribution in [0.15, 0.2) is 48.5 Å². The minimum Gasteiger partial charge on any atom is -0.462 e. The molecule has 0 aliphatic carbocycles. The molecule has 2 aromatic carbocycles. The first kappa shape index (κ1) is 23.6. The molecule has 0 fully saturated rings. The van der Waals surface area contributed by atoms with Gasteiger partial charge in [0.15, 0.2) is 5.13 Å². The van der Waals surface area contributed by atoms with E-state index >= 15 is 0 Å². The van der Waals surface area contributed by atoms with Crippen LogP contribution < -0.4 is 5.32 Å². The molecule has 4 rings (SSSR count). The molecule has 0 saturated carbocycles. The molecule has 176 valence electrons. The summed E-state index contributed by atoms with van der Waals surface area (Å²) >= 11 is 1.11. The van der Waals surface area contributed by atoms with Crippen LogP contribution in [0.25, 0.3) is 22.4 Å². The number of aryl methyl sites for hydroxylation is 1. The lowest BCUT2D eigenvalue weighted by Gasteiger charge is -2.19. The Hall–Kier alpha value is -3.52. The van der Waals surface area contributed by atoms with Gasteiger partial charge in [0.2, 0.25) is 5.91 Å². The van der Waals surface area contributed by atoms with Crippen molar-refractivity contribution in [3.05, 3.63) is 64.7 Å². The van der Waals surface area contributed by atoms with Crippen molar-refractivity contribution < 1.29 is 14.3 Å². The number of amides is 1. The second kappa shape index (κ2) is 9.38. The Balaban J connectivity index is 1.63. The number of aromatic nitrogens is 3. The molecule has 0 bridgehead atoms. The van der Waals surface area contributed by atoms with Crippen molar-refractivity contribution in [2.75, 3.05) is 11.9 Å². The highest BCUT2D eigenvalue weighted by Crippen LogP contribution is 2.29. The van der Waals surface area contributed by atoms with E-state index in [4.69, 9.17) is 9.72 Å². The van der Waals surface area contributed by atoms with Crippen molar-refractivity contribution in [3.8, 4) is 11.4 Å². The van der Waals surface area contributed by atoms with Gasteiger partial charge < -0.3 is 14.6 Å². The summed E-state index contributed by atoms with van der Waals surface area (Å²) in [6.07, 6.45) is 0. The molecule has 8 heteroatoms. The summed E-state index contributed by atoms with van der Waals surface area (Å²) < 4.78 is 6.97. The molecule has 34 heavy (non-hydrogen) atoms. The van der Waals surface area contributed by atoms with Gasteiger partial charge in [-0.25, -0.2) is 14.8 Å². The molecule has 0 aliphatic heterocycles. The number of imidazole rings is 1. The third-order valence-electron chi connectivity index (χ3n) is 5.47. The van der Waals surface area contributed by atoms with Crippen LogP contribution in [0.5, 0.6) is 0 Å². The quantitative estimate of drug-likeness (QED) is 0.367. The minimum atomic E-state index is -0.431. The molecule has 0 unspecified atom stereocenters. The SMILES string of the molecule is CCOC(=O)c1sc(NC(=O)Cn2c(-c3ccc(C(C)(C)C)cc3)nc3ccccc32)nc1C. The van der Waals surface area contributed by atoms with Gasteiger partial charge in [-0.05, 0) is 37.0 Å². The number of anilines is 1. The number of nitrogens with zero attached hydrogens (tertiary/aromatic N) is 3. The van der Waals surface area contributed by atoms with Gasteiger partial charge in [-0.2, -0.15) is 0 Å². The van der Waals surface area contributed by atoms with E-state index in [1.54, 1.807) is 13.8 Å². The zero-order valence-corrected chi connectivity index (χ0v) is 20.8. The number of carbonyl (C=O) groups is 2. The number of carbonyl (C=O) groups excluding carboxylic acids is 2. The lowest BCUT2D eigenvalue weighted by molar-refractivity contribution is -0.116. The standard InChI is InChI=1S/C26H28N4O3S/c1-6-33-24(32)22-16(2)27-25(34-22)29-21(31)15-30-20-10-8-7-9-19(20)28-23(30)17-11-13-18(14-12-17)26(3,4)5/h7-14H,6,15H2,1-5H3,(H,27,29,31). The molecule has 7 nitrogen and oxygen atoms in total. The van der Waals surface area contributed by atoms with Gasteiger partial charge in [-0.3, -0.25) is 4.79 Å². The lowest BCUT2D eigenvalue weighted by atomic mass is 9.87. The summed E-state index contributed by atoms with van der Waals surface area (Å²) in [4.78, 5) is 34.6. The maximum atomic E-state index is 13.0. The number of fused-ring (bicyclic) bond motifs is 1. The van der Waals surface area contributed by atoms with Crippen molar-refractivity contribution in [1.29, 1.82) is 0 Å². The maximum absolute atomic E-state index is 13.0. The van der Waals surface area contributed by atoms with E-state index in [1.807, 2.05) is 41.0 Å². The lowest BCUT2D eigenvalue weighted by Crippen LogP contribution is -2.19. The Labute approximate surface area is 202 Å². The summed E-state index contributed by atoms with van der Waals surface area (Å²) in [5.41, 5.74) is 4.44. The smallest absolute Gasteiger partial charge is 0.350 e. The second-order valence-electron chi connectivity index (χ2n) is 9.04. The summed E-state index contributed by atoms with van der Waals surface area (Å²) in [5, 5.41) is 3.19. The fourth-order valence-corrected chi connectivity index (χ4v) is 4.59. The molecule has 0 spiro atoms. The van der Waals surface area contributed by atoms with E-state index in [-0.39, 0.29) is 24.5 Å². The second-order valence-corrected chi connectivity index (χ2v) is 10.0. The van der Waals surface area contributed by atoms with Gasteiger partial charge in [-0.1, -0.05) is 68.5 Å². The number of hydrogen-bond acceptors (Lipinski definition) is 6. The Morgan fingerprint density at radius 1 is 1.06 bits per heavy atom. The Morgan fingerprint density at radius 2 is 1.76 bits per heavy atom. The van der Waals surface area contributed by atoms with Crippen LogP contribution in [0.4, 0.5) is 5.13 Å². The molecule has 4 aromatic rings. The molecule has 1 N–H and O–H groups in total. The number of benzene rings is 2. The molecule has 0 saturated heterocycles. The molecular weight excluding hydrogens is 448 g/mol. The van der Waals surface area contributed by atoms with Gasteiger partial charge in [0.25, 0.3) is 0 Å². The van der Waals surface area contributed by atoms with Crippen molar-refractivity contribution in [1.82, 2.24) is 14.5 Å². The van der Waals surface area contributed by atoms with Crippen LogP contribution >= 0.6 is 11.3 Å². The van der Waals surface area contributed by atoms with E-state index < -0.39 is 5.97 Å². The summed E-state index contributed by atoms with van der Waals surface area (Å²) in [6.45, 7) is 10.3. The number of esters is 1. The summed E-state index contributed by atoms with van der Waals surface area (Å²) in [5.74, 6) is 0.0406. The molecule has 0 atom stereocenters. The highest BCUT2D eigenvalue weighted by Gasteiger charge is 2.20. The third kappa shape index (κ3) is 4.87. The number of nitrogens with one attached hydrogen (secondary N) is 1. The minimum absolute atomic E-state index is 0.0484. The highest BCUT2D eigenvalue weighted by atomic mass is 32.1. The summed E-state index contributed by atoms with van der Waals surface area (Å²) in [6, 6.07) is 16.1. The normalized spacial score (nSPS) is 11.6. The fourth-order valence-electron chi connectivity index (χ4n) is 3.71. The van der Waals surface area contributed by atoms with Gasteiger partial charge in [-0.15, -0.1) is 0 Å². The Bertz CT molecular complexity index is 1350.